The molecule has 12 heteroatoms. The third-order valence-electron chi connectivity index (χ3n) is 10.3. The number of urea groups is 1. The van der Waals surface area contributed by atoms with E-state index >= 15 is 0 Å². The smallest absolute Gasteiger partial charge is 0.327 e. The van der Waals surface area contributed by atoms with Crippen molar-refractivity contribution in [2.75, 3.05) is 30.9 Å². The van der Waals surface area contributed by atoms with E-state index < -0.39 is 34.1 Å². The summed E-state index contributed by atoms with van der Waals surface area (Å²) in [5.41, 5.74) is 3.49. The first-order valence-corrected chi connectivity index (χ1v) is 18.6. The van der Waals surface area contributed by atoms with Crippen LogP contribution in [0.15, 0.2) is 52.9 Å². The number of ether oxygens (including phenoxy) is 2. The molecule has 47 heavy (non-hydrogen) atoms. The summed E-state index contributed by atoms with van der Waals surface area (Å²) in [7, 11) is -1.82. The molecule has 2 unspecified atom stereocenters. The molecule has 0 saturated heterocycles. The van der Waals surface area contributed by atoms with Crippen LogP contribution in [0.1, 0.15) is 60.5 Å². The summed E-state index contributed by atoms with van der Waals surface area (Å²) in [6.45, 7) is 3.78. The second-order valence-corrected chi connectivity index (χ2v) is 16.4. The van der Waals surface area contributed by atoms with E-state index in [1.165, 1.54) is 11.1 Å². The van der Waals surface area contributed by atoms with Crippen LogP contribution in [-0.4, -0.2) is 60.5 Å². The lowest BCUT2D eigenvalue weighted by molar-refractivity contribution is 0.0965. The maximum absolute atomic E-state index is 14.2. The lowest BCUT2D eigenvalue weighted by atomic mass is 9.96. The number of methoxy groups -OCH3 is 1. The molecular formula is C35H42ClFN4O5S. The molecule has 252 valence electrons. The van der Waals surface area contributed by atoms with E-state index in [0.717, 1.165) is 37.9 Å². The van der Waals surface area contributed by atoms with Gasteiger partial charge in [-0.3, -0.25) is 9.52 Å². The molecule has 1 spiro atoms. The zero-order chi connectivity index (χ0) is 32.9. The van der Waals surface area contributed by atoms with Crippen molar-refractivity contribution in [1.82, 2.24) is 10.0 Å². The van der Waals surface area contributed by atoms with E-state index in [0.29, 0.717) is 42.2 Å². The van der Waals surface area contributed by atoms with Crippen molar-refractivity contribution in [1.29, 1.82) is 0 Å². The zero-order valence-electron chi connectivity index (χ0n) is 26.8. The molecule has 3 fully saturated rings. The number of rotatable bonds is 3. The highest BCUT2D eigenvalue weighted by Crippen LogP contribution is 2.81. The first-order chi connectivity index (χ1) is 22.6. The number of benzene rings is 2. The molecule has 3 aliphatic carbocycles. The molecule has 2 aromatic carbocycles. The van der Waals surface area contributed by atoms with Gasteiger partial charge in [0.1, 0.15) is 21.8 Å². The Labute approximate surface area is 280 Å². The van der Waals surface area contributed by atoms with Crippen molar-refractivity contribution in [3.63, 3.8) is 0 Å². The third kappa shape index (κ3) is 6.89. The number of halogens is 2. The Kier molecular flexibility index (Phi) is 8.76. The average Bonchev–Trinajstić information content (AvgIpc) is 3.96. The number of hydrogen-bond acceptors (Lipinski definition) is 6. The Morgan fingerprint density at radius 2 is 2.04 bits per heavy atom. The SMILES string of the molecule is CO[C@H]1/C=C/C[C@H](C)CS(=O)(NC(=O)N[C@H]2C[C@H]2F)=NC(=O)c2ccc3c(c2)N(Cc2ccc(Cl)cc2CCCCO3)C[C@]23CC2[C@@H]13. The fourth-order valence-corrected chi connectivity index (χ4v) is 9.51. The van der Waals surface area contributed by atoms with E-state index in [4.69, 9.17) is 21.1 Å². The normalized spacial score (nSPS) is 35.3. The molecule has 9 nitrogen and oxygen atoms in total. The summed E-state index contributed by atoms with van der Waals surface area (Å²) in [6, 6.07) is 9.85. The molecule has 5 aliphatic rings. The minimum absolute atomic E-state index is 0.0482. The number of carbonyl (C=O) groups is 2. The molecule has 3 amide bonds. The van der Waals surface area contributed by atoms with Crippen molar-refractivity contribution in [3.05, 3.63) is 70.3 Å². The fourth-order valence-electron chi connectivity index (χ4n) is 7.48. The quantitative estimate of drug-likeness (QED) is 0.371. The lowest BCUT2D eigenvalue weighted by Crippen LogP contribution is -2.43. The van der Waals surface area contributed by atoms with Crippen molar-refractivity contribution in [3.8, 4) is 5.75 Å². The number of hydrogen-bond donors (Lipinski definition) is 2. The molecule has 2 N–H and O–H groups in total. The first kappa shape index (κ1) is 32.4. The third-order valence-corrected chi connectivity index (χ3v) is 12.6. The van der Waals surface area contributed by atoms with Gasteiger partial charge in [-0.15, -0.1) is 4.36 Å². The van der Waals surface area contributed by atoms with Crippen LogP contribution in [0.5, 0.6) is 5.75 Å². The van der Waals surface area contributed by atoms with Crippen LogP contribution in [-0.2, 0) is 27.6 Å². The maximum Gasteiger partial charge on any atom is 0.327 e. The van der Waals surface area contributed by atoms with Gasteiger partial charge in [0.2, 0.25) is 0 Å². The highest BCUT2D eigenvalue weighted by Gasteiger charge is 2.80. The first-order valence-electron chi connectivity index (χ1n) is 16.6. The zero-order valence-corrected chi connectivity index (χ0v) is 28.3. The number of nitrogens with zero attached hydrogens (tertiary/aromatic N) is 2. The molecule has 3 saturated carbocycles. The van der Waals surface area contributed by atoms with Crippen LogP contribution < -0.4 is 19.7 Å². The van der Waals surface area contributed by atoms with Crippen LogP contribution in [0.4, 0.5) is 14.9 Å². The number of alkyl halides is 1. The van der Waals surface area contributed by atoms with E-state index in [-0.39, 0.29) is 35.2 Å². The Balaban J connectivity index is 1.30. The molecule has 0 aromatic heterocycles. The minimum atomic E-state index is -3.56. The van der Waals surface area contributed by atoms with Gasteiger partial charge in [0.05, 0.1) is 30.2 Å². The summed E-state index contributed by atoms with van der Waals surface area (Å²) in [6.07, 6.45) is 7.54. The summed E-state index contributed by atoms with van der Waals surface area (Å²) in [4.78, 5) is 28.8. The highest BCUT2D eigenvalue weighted by molar-refractivity contribution is 7.92. The summed E-state index contributed by atoms with van der Waals surface area (Å²) in [5, 5.41) is 3.20. The van der Waals surface area contributed by atoms with Gasteiger partial charge < -0.3 is 19.7 Å². The van der Waals surface area contributed by atoms with Crippen LogP contribution >= 0.6 is 11.6 Å². The number of fused-ring (bicyclic) bond motifs is 3. The largest absolute Gasteiger partial charge is 0.491 e. The number of aryl methyl sites for hydroxylation is 1. The van der Waals surface area contributed by atoms with Crippen molar-refractivity contribution >= 4 is 39.1 Å². The van der Waals surface area contributed by atoms with Crippen molar-refractivity contribution in [2.45, 2.75) is 70.3 Å². The van der Waals surface area contributed by atoms with Gasteiger partial charge in [-0.1, -0.05) is 36.7 Å². The standard InChI is InChI=1S/C35H42ClFN4O5S/c1-21-6-5-8-31(45-2)32-26-17-35(26,32)20-41-18-24-9-11-25(36)14-22(24)7-3-4-13-46-30-12-10-23(15-29(30)41)33(42)39-47(44,19-21)40-34(43)38-28-16-27(28)37/h5,8-12,14-15,21,26-28,31-32H,3-4,6-7,13,16-20H2,1-2H3,(H2,38,39,40,42,43,44)/b8-5+/t21-,26?,27+,28-,31-,32-,35+,47?/m0/s1. The molecule has 2 heterocycles. The van der Waals surface area contributed by atoms with Crippen LogP contribution in [0.3, 0.4) is 0 Å². The van der Waals surface area contributed by atoms with E-state index in [1.807, 2.05) is 25.1 Å². The molecule has 2 aliphatic heterocycles. The Hall–Kier alpha value is -3.15. The minimum Gasteiger partial charge on any atom is -0.491 e. The van der Waals surface area contributed by atoms with Gasteiger partial charge in [-0.25, -0.2) is 13.4 Å². The molecule has 7 rings (SSSR count). The maximum atomic E-state index is 14.2. The van der Waals surface area contributed by atoms with E-state index in [9.17, 15) is 18.2 Å². The van der Waals surface area contributed by atoms with E-state index in [2.05, 4.69) is 31.4 Å². The van der Waals surface area contributed by atoms with Gasteiger partial charge in [0.25, 0.3) is 5.91 Å². The van der Waals surface area contributed by atoms with Gasteiger partial charge in [-0.05, 0) is 96.7 Å². The number of allylic oxidation sites excluding steroid dienone is 1. The molecular weight excluding hydrogens is 643 g/mol. The van der Waals surface area contributed by atoms with Gasteiger partial charge in [-0.2, -0.15) is 0 Å². The van der Waals surface area contributed by atoms with Crippen molar-refractivity contribution in [2.24, 2.45) is 27.5 Å². The number of anilines is 1. The Morgan fingerprint density at radius 1 is 1.21 bits per heavy atom. The monoisotopic (exact) mass is 684 g/mol. The second kappa shape index (κ2) is 12.7. The summed E-state index contributed by atoms with van der Waals surface area (Å²) in [5.74, 6) is 0.669. The van der Waals surface area contributed by atoms with Crippen LogP contribution in [0.2, 0.25) is 5.02 Å². The van der Waals surface area contributed by atoms with Gasteiger partial charge >= 0.3 is 6.03 Å². The summed E-state index contributed by atoms with van der Waals surface area (Å²) < 4.78 is 46.6. The predicted octanol–water partition coefficient (Wildman–Crippen LogP) is 6.24. The number of amides is 3. The second-order valence-electron chi connectivity index (χ2n) is 13.9. The Bertz CT molecular complexity index is 1730. The van der Waals surface area contributed by atoms with Crippen LogP contribution in [0, 0.1) is 23.2 Å². The van der Waals surface area contributed by atoms with Gasteiger partial charge in [0.15, 0.2) is 0 Å². The Morgan fingerprint density at radius 3 is 2.81 bits per heavy atom. The van der Waals surface area contributed by atoms with Crippen molar-refractivity contribution < 1.29 is 27.7 Å². The molecule has 2 bridgehead atoms. The highest BCUT2D eigenvalue weighted by atomic mass is 35.5. The molecule has 2 aromatic rings. The van der Waals surface area contributed by atoms with Gasteiger partial charge in [0, 0.05) is 37.2 Å². The average molecular weight is 685 g/mol. The van der Waals surface area contributed by atoms with Crippen LogP contribution in [0.25, 0.3) is 0 Å². The summed E-state index contributed by atoms with van der Waals surface area (Å²) >= 11 is 6.44. The predicted molar refractivity (Wildman–Crippen MR) is 180 cm³/mol. The van der Waals surface area contributed by atoms with E-state index in [1.54, 1.807) is 25.3 Å². The lowest BCUT2D eigenvalue weighted by Gasteiger charge is -2.31. The fraction of sp³-hybridized carbons (Fsp3) is 0.543. The number of nitrogens with one attached hydrogen (secondary N) is 2. The number of carbonyl (C=O) groups excluding carboxylic acids is 2. The molecule has 0 radical (unpaired) electrons. The topological polar surface area (TPSA) is 109 Å². The molecule has 8 atom stereocenters.